The van der Waals surface area contributed by atoms with E-state index in [1.54, 1.807) is 42.5 Å². The highest BCUT2D eigenvalue weighted by Crippen LogP contribution is 2.23. The number of benzene rings is 4. The first-order chi connectivity index (χ1) is 15.2. The number of carbonyl (C=O) groups is 4. The summed E-state index contributed by atoms with van der Waals surface area (Å²) in [5.74, 6) is -4.38. The normalized spacial score (nSPS) is 10.2. The third kappa shape index (κ3) is 4.39. The average Bonchev–Trinajstić information content (AvgIpc) is 2.77. The molecule has 0 atom stereocenters. The van der Waals surface area contributed by atoms with Gasteiger partial charge in [0.15, 0.2) is 0 Å². The van der Waals surface area contributed by atoms with E-state index in [1.807, 2.05) is 0 Å². The van der Waals surface area contributed by atoms with Gasteiger partial charge in [-0.25, -0.2) is 19.2 Å². The van der Waals surface area contributed by atoms with E-state index in [1.165, 1.54) is 30.3 Å². The number of aromatic carboxylic acids is 4. The predicted octanol–water partition coefficient (Wildman–Crippen LogP) is 4.47. The third-order valence-electron chi connectivity index (χ3n) is 4.73. The van der Waals surface area contributed by atoms with Gasteiger partial charge in [-0.15, -0.1) is 0 Å². The van der Waals surface area contributed by atoms with Gasteiger partial charge in [-0.2, -0.15) is 0 Å². The topological polar surface area (TPSA) is 149 Å². The zero-order valence-corrected chi connectivity index (χ0v) is 16.4. The van der Waals surface area contributed by atoms with Gasteiger partial charge in [0.05, 0.1) is 22.3 Å². The minimum Gasteiger partial charge on any atom is -0.478 e. The maximum Gasteiger partial charge on any atom is 0.336 e. The van der Waals surface area contributed by atoms with Crippen LogP contribution in [0.4, 0.5) is 0 Å². The van der Waals surface area contributed by atoms with Gasteiger partial charge in [0.1, 0.15) is 0 Å². The first kappa shape index (κ1) is 22.0. The SMILES string of the molecule is O=C(O)c1ccc2cccc(C(=O)O)c2c1.O=C(O)c1cccc2cccc(C(=O)O)c12. The molecule has 0 unspecified atom stereocenters. The summed E-state index contributed by atoms with van der Waals surface area (Å²) in [6.45, 7) is 0. The Bertz CT molecular complexity index is 1340. The molecular weight excluding hydrogens is 416 g/mol. The molecular formula is C24H16O8. The minimum absolute atomic E-state index is 0.00972. The number of hydrogen-bond donors (Lipinski definition) is 4. The Labute approximate surface area is 180 Å². The summed E-state index contributed by atoms with van der Waals surface area (Å²) in [5, 5.41) is 37.8. The molecule has 0 spiro atoms. The van der Waals surface area contributed by atoms with Gasteiger partial charge in [0, 0.05) is 5.39 Å². The lowest BCUT2D eigenvalue weighted by Gasteiger charge is -2.05. The monoisotopic (exact) mass is 432 g/mol. The molecule has 4 aromatic carbocycles. The van der Waals surface area contributed by atoms with Crippen LogP contribution in [0.3, 0.4) is 0 Å². The molecule has 4 rings (SSSR count). The van der Waals surface area contributed by atoms with Gasteiger partial charge in [-0.1, -0.05) is 42.5 Å². The molecule has 0 amide bonds. The fourth-order valence-corrected chi connectivity index (χ4v) is 3.29. The maximum absolute atomic E-state index is 11.0. The summed E-state index contributed by atoms with van der Waals surface area (Å²) in [7, 11) is 0. The highest BCUT2D eigenvalue weighted by molar-refractivity contribution is 6.12. The maximum atomic E-state index is 11.0. The Hall–Kier alpha value is -4.72. The van der Waals surface area contributed by atoms with E-state index in [4.69, 9.17) is 20.4 Å². The lowest BCUT2D eigenvalue weighted by molar-refractivity contribution is 0.0684. The van der Waals surface area contributed by atoms with Crippen molar-refractivity contribution in [3.63, 3.8) is 0 Å². The summed E-state index contributed by atoms with van der Waals surface area (Å²) in [6, 6.07) is 18.6. The Morgan fingerprint density at radius 1 is 0.500 bits per heavy atom. The zero-order chi connectivity index (χ0) is 23.4. The first-order valence-electron chi connectivity index (χ1n) is 9.18. The third-order valence-corrected chi connectivity index (χ3v) is 4.73. The van der Waals surface area contributed by atoms with Crippen LogP contribution in [-0.2, 0) is 0 Å². The molecule has 0 aliphatic carbocycles. The van der Waals surface area contributed by atoms with Crippen LogP contribution in [-0.4, -0.2) is 44.3 Å². The molecule has 32 heavy (non-hydrogen) atoms. The number of fused-ring (bicyclic) bond motifs is 2. The second kappa shape index (κ2) is 8.97. The second-order valence-corrected chi connectivity index (χ2v) is 6.67. The van der Waals surface area contributed by atoms with E-state index >= 15 is 0 Å². The molecule has 0 heterocycles. The predicted molar refractivity (Wildman–Crippen MR) is 116 cm³/mol. The van der Waals surface area contributed by atoms with Crippen molar-refractivity contribution >= 4 is 45.4 Å². The molecule has 160 valence electrons. The highest BCUT2D eigenvalue weighted by atomic mass is 16.4. The lowest BCUT2D eigenvalue weighted by atomic mass is 9.99. The van der Waals surface area contributed by atoms with E-state index in [9.17, 15) is 19.2 Å². The molecule has 4 N–H and O–H groups in total. The lowest BCUT2D eigenvalue weighted by Crippen LogP contribution is -2.03. The molecule has 0 aliphatic heterocycles. The van der Waals surface area contributed by atoms with Crippen molar-refractivity contribution in [1.82, 2.24) is 0 Å². The Morgan fingerprint density at radius 3 is 1.44 bits per heavy atom. The highest BCUT2D eigenvalue weighted by Gasteiger charge is 2.15. The van der Waals surface area contributed by atoms with Crippen molar-refractivity contribution in [3.8, 4) is 0 Å². The molecule has 4 aromatic rings. The molecule has 0 bridgehead atoms. The molecule has 0 aliphatic rings. The smallest absolute Gasteiger partial charge is 0.336 e. The Kier molecular flexibility index (Phi) is 6.16. The van der Waals surface area contributed by atoms with E-state index < -0.39 is 23.9 Å². The molecule has 0 aromatic heterocycles. The largest absolute Gasteiger partial charge is 0.478 e. The summed E-state index contributed by atoms with van der Waals surface area (Å²) in [6.07, 6.45) is 0. The Balaban J connectivity index is 0.000000181. The van der Waals surface area contributed by atoms with Crippen LogP contribution in [0.25, 0.3) is 21.5 Å². The van der Waals surface area contributed by atoms with Crippen LogP contribution in [0.5, 0.6) is 0 Å². The van der Waals surface area contributed by atoms with Gasteiger partial charge >= 0.3 is 23.9 Å². The zero-order valence-electron chi connectivity index (χ0n) is 16.4. The number of rotatable bonds is 4. The van der Waals surface area contributed by atoms with Crippen molar-refractivity contribution in [2.75, 3.05) is 0 Å². The molecule has 8 nitrogen and oxygen atoms in total. The Morgan fingerprint density at radius 2 is 0.969 bits per heavy atom. The van der Waals surface area contributed by atoms with Gasteiger partial charge in [-0.3, -0.25) is 0 Å². The summed E-state index contributed by atoms with van der Waals surface area (Å²) in [4.78, 5) is 43.7. The van der Waals surface area contributed by atoms with Crippen molar-refractivity contribution in [2.45, 2.75) is 0 Å². The summed E-state index contributed by atoms with van der Waals surface area (Å²) < 4.78 is 0. The molecule has 0 saturated heterocycles. The standard InChI is InChI=1S/2C12H8O4/c13-11(14)8-5-1-3-7-4-2-6-9(10(7)8)12(15)16;13-11(14)8-5-4-7-2-1-3-9(12(15)16)10(7)6-8/h2*1-6H,(H,13,14)(H,15,16). The van der Waals surface area contributed by atoms with Gasteiger partial charge < -0.3 is 20.4 Å². The van der Waals surface area contributed by atoms with Crippen LogP contribution >= 0.6 is 0 Å². The quantitative estimate of drug-likeness (QED) is 0.369. The van der Waals surface area contributed by atoms with Crippen molar-refractivity contribution < 1.29 is 39.6 Å². The molecule has 0 fully saturated rings. The number of carboxylic acid groups (broad SMARTS) is 4. The van der Waals surface area contributed by atoms with Crippen LogP contribution in [0.2, 0.25) is 0 Å². The molecule has 0 radical (unpaired) electrons. The summed E-state index contributed by atoms with van der Waals surface area (Å²) in [5.41, 5.74) is 0.216. The summed E-state index contributed by atoms with van der Waals surface area (Å²) >= 11 is 0. The molecule has 8 heteroatoms. The van der Waals surface area contributed by atoms with Crippen LogP contribution in [0.15, 0.2) is 72.8 Å². The fourth-order valence-electron chi connectivity index (χ4n) is 3.29. The van der Waals surface area contributed by atoms with E-state index in [0.717, 1.165) is 0 Å². The van der Waals surface area contributed by atoms with E-state index in [2.05, 4.69) is 0 Å². The number of carboxylic acids is 4. The van der Waals surface area contributed by atoms with Gasteiger partial charge in [0.2, 0.25) is 0 Å². The van der Waals surface area contributed by atoms with Gasteiger partial charge in [0.25, 0.3) is 0 Å². The van der Waals surface area contributed by atoms with Crippen LogP contribution < -0.4 is 0 Å². The van der Waals surface area contributed by atoms with Crippen molar-refractivity contribution in [2.24, 2.45) is 0 Å². The van der Waals surface area contributed by atoms with Gasteiger partial charge in [-0.05, 0) is 46.5 Å². The minimum atomic E-state index is -1.13. The average molecular weight is 432 g/mol. The first-order valence-corrected chi connectivity index (χ1v) is 9.18. The van der Waals surface area contributed by atoms with Crippen molar-refractivity contribution in [3.05, 3.63) is 95.1 Å². The van der Waals surface area contributed by atoms with Crippen LogP contribution in [0.1, 0.15) is 41.4 Å². The van der Waals surface area contributed by atoms with Crippen molar-refractivity contribution in [1.29, 1.82) is 0 Å². The van der Waals surface area contributed by atoms with E-state index in [-0.39, 0.29) is 27.6 Å². The fraction of sp³-hybridized carbons (Fsp3) is 0. The molecule has 0 saturated carbocycles. The second-order valence-electron chi connectivity index (χ2n) is 6.67. The number of hydrogen-bond acceptors (Lipinski definition) is 4. The van der Waals surface area contributed by atoms with Crippen LogP contribution in [0, 0.1) is 0 Å². The van der Waals surface area contributed by atoms with E-state index in [0.29, 0.717) is 16.2 Å².